The summed E-state index contributed by atoms with van der Waals surface area (Å²) in [7, 11) is 1.57. The molecule has 0 fully saturated rings. The molecule has 3 rings (SSSR count). The quantitative estimate of drug-likeness (QED) is 0.581. The van der Waals surface area contributed by atoms with Gasteiger partial charge < -0.3 is 20.9 Å². The summed E-state index contributed by atoms with van der Waals surface area (Å²) in [5, 5.41) is 2.77. The van der Waals surface area contributed by atoms with Crippen LogP contribution in [0.25, 0.3) is 5.57 Å². The van der Waals surface area contributed by atoms with Crippen LogP contribution in [0.5, 0.6) is 11.5 Å². The molecule has 6 heteroatoms. The van der Waals surface area contributed by atoms with Gasteiger partial charge in [-0.25, -0.2) is 4.79 Å². The van der Waals surface area contributed by atoms with E-state index in [4.69, 9.17) is 20.9 Å². The average molecular weight is 351 g/mol. The molecule has 1 amide bonds. The Bertz CT molecular complexity index is 859. The lowest BCUT2D eigenvalue weighted by atomic mass is 9.87. The molecule has 6 nitrogen and oxygen atoms in total. The summed E-state index contributed by atoms with van der Waals surface area (Å²) in [6.07, 6.45) is 5.46. The molecule has 1 aliphatic rings. The van der Waals surface area contributed by atoms with Crippen molar-refractivity contribution in [2.75, 3.05) is 12.8 Å². The zero-order valence-corrected chi connectivity index (χ0v) is 14.4. The summed E-state index contributed by atoms with van der Waals surface area (Å²) in [4.78, 5) is 12.4. The summed E-state index contributed by atoms with van der Waals surface area (Å²) in [6, 6.07) is 14.1. The highest BCUT2D eigenvalue weighted by Gasteiger charge is 2.33. The highest BCUT2D eigenvalue weighted by Crippen LogP contribution is 2.31. The molecular formula is C20H21N3O3. The number of amides is 1. The van der Waals surface area contributed by atoms with E-state index in [1.807, 2.05) is 36.4 Å². The van der Waals surface area contributed by atoms with Crippen molar-refractivity contribution in [3.8, 4) is 11.5 Å². The molecule has 0 heterocycles. The van der Waals surface area contributed by atoms with Crippen molar-refractivity contribution in [3.63, 3.8) is 0 Å². The minimum Gasteiger partial charge on any atom is -0.497 e. The van der Waals surface area contributed by atoms with E-state index >= 15 is 0 Å². The first-order valence-electron chi connectivity index (χ1n) is 8.16. The fourth-order valence-electron chi connectivity index (χ4n) is 2.81. The smallest absolute Gasteiger partial charge is 0.414 e. The normalized spacial score (nSPS) is 18.8. The monoisotopic (exact) mass is 351 g/mol. The van der Waals surface area contributed by atoms with Crippen molar-refractivity contribution in [3.05, 3.63) is 72.3 Å². The molecule has 2 aromatic rings. The Balaban J connectivity index is 1.76. The maximum atomic E-state index is 12.4. The second kappa shape index (κ2) is 7.33. The molecule has 0 spiro atoms. The molecule has 26 heavy (non-hydrogen) atoms. The van der Waals surface area contributed by atoms with E-state index in [1.54, 1.807) is 37.4 Å². The van der Waals surface area contributed by atoms with Gasteiger partial charge in [0, 0.05) is 12.1 Å². The van der Waals surface area contributed by atoms with Crippen LogP contribution in [-0.4, -0.2) is 18.9 Å². The van der Waals surface area contributed by atoms with Crippen LogP contribution < -0.4 is 26.3 Å². The maximum absolute atomic E-state index is 12.4. The van der Waals surface area contributed by atoms with Gasteiger partial charge in [0.2, 0.25) is 0 Å². The Kier molecular flexibility index (Phi) is 4.95. The number of nitrogens with two attached hydrogens (primary N) is 2. The number of rotatable bonds is 4. The first-order chi connectivity index (χ1) is 12.5. The highest BCUT2D eigenvalue weighted by molar-refractivity contribution is 5.82. The molecule has 134 valence electrons. The predicted octanol–water partition coefficient (Wildman–Crippen LogP) is 3.06. The van der Waals surface area contributed by atoms with E-state index in [2.05, 4.69) is 5.32 Å². The minimum absolute atomic E-state index is 0.396. The van der Waals surface area contributed by atoms with Crippen LogP contribution in [0, 0.1) is 0 Å². The topological polar surface area (TPSA) is 99.6 Å². The van der Waals surface area contributed by atoms with E-state index < -0.39 is 11.8 Å². The maximum Gasteiger partial charge on any atom is 0.414 e. The summed E-state index contributed by atoms with van der Waals surface area (Å²) in [5.74, 6) is 1.07. The van der Waals surface area contributed by atoms with Crippen LogP contribution >= 0.6 is 0 Å². The van der Waals surface area contributed by atoms with Gasteiger partial charge >= 0.3 is 6.09 Å². The van der Waals surface area contributed by atoms with Gasteiger partial charge in [-0.3, -0.25) is 5.32 Å². The van der Waals surface area contributed by atoms with E-state index in [9.17, 15) is 4.79 Å². The Morgan fingerprint density at radius 3 is 2.58 bits per heavy atom. The summed E-state index contributed by atoms with van der Waals surface area (Å²) in [5.41, 5.74) is 13.5. The largest absolute Gasteiger partial charge is 0.497 e. The molecule has 0 bridgehead atoms. The van der Waals surface area contributed by atoms with Crippen molar-refractivity contribution >= 4 is 17.4 Å². The van der Waals surface area contributed by atoms with Crippen LogP contribution in [-0.2, 0) is 0 Å². The number of nitrogen functional groups attached to an aromatic ring is 1. The van der Waals surface area contributed by atoms with Gasteiger partial charge in [0.15, 0.2) is 0 Å². The molecule has 1 atom stereocenters. The van der Waals surface area contributed by atoms with Crippen molar-refractivity contribution in [1.82, 2.24) is 5.32 Å². The third-order valence-corrected chi connectivity index (χ3v) is 4.11. The number of carbonyl (C=O) groups excluding carboxylic acids is 1. The van der Waals surface area contributed by atoms with E-state index in [-0.39, 0.29) is 0 Å². The third-order valence-electron chi connectivity index (χ3n) is 4.11. The molecule has 0 aliphatic heterocycles. The minimum atomic E-state index is -1.09. The number of anilines is 1. The number of methoxy groups -OCH3 is 1. The first kappa shape index (κ1) is 17.6. The number of allylic oxidation sites excluding steroid dienone is 2. The lowest BCUT2D eigenvalue weighted by Crippen LogP contribution is -2.57. The fraction of sp³-hybridized carbons (Fsp3) is 0.150. The third kappa shape index (κ3) is 3.87. The molecule has 5 N–H and O–H groups in total. The zero-order chi connectivity index (χ0) is 18.6. The zero-order valence-electron chi connectivity index (χ0n) is 14.4. The van der Waals surface area contributed by atoms with Gasteiger partial charge in [-0.05, 0) is 47.5 Å². The van der Waals surface area contributed by atoms with E-state index in [1.165, 1.54) is 0 Å². The number of ether oxygens (including phenoxy) is 2. The highest BCUT2D eigenvalue weighted by atomic mass is 16.6. The summed E-state index contributed by atoms with van der Waals surface area (Å²) in [6.45, 7) is 0. The van der Waals surface area contributed by atoms with Crippen LogP contribution in [0.4, 0.5) is 10.5 Å². The van der Waals surface area contributed by atoms with Gasteiger partial charge in [-0.2, -0.15) is 0 Å². The van der Waals surface area contributed by atoms with Crippen molar-refractivity contribution < 1.29 is 14.3 Å². The molecule has 0 saturated heterocycles. The molecule has 0 saturated carbocycles. The van der Waals surface area contributed by atoms with Crippen molar-refractivity contribution in [2.24, 2.45) is 5.73 Å². The van der Waals surface area contributed by atoms with E-state index in [0.29, 0.717) is 23.6 Å². The van der Waals surface area contributed by atoms with Crippen LogP contribution in [0.1, 0.15) is 12.0 Å². The number of benzene rings is 2. The Hall–Kier alpha value is -3.25. The summed E-state index contributed by atoms with van der Waals surface area (Å²) >= 11 is 0. The molecule has 1 aliphatic carbocycles. The van der Waals surface area contributed by atoms with Crippen LogP contribution in [0.3, 0.4) is 0 Å². The molecule has 1 unspecified atom stereocenters. The second-order valence-corrected chi connectivity index (χ2v) is 6.00. The second-order valence-electron chi connectivity index (χ2n) is 6.00. The average Bonchev–Trinajstić information content (AvgIpc) is 2.62. The fourth-order valence-corrected chi connectivity index (χ4v) is 2.81. The lowest BCUT2D eigenvalue weighted by Gasteiger charge is -2.34. The van der Waals surface area contributed by atoms with Gasteiger partial charge in [-0.1, -0.05) is 30.4 Å². The number of hydrogen-bond donors (Lipinski definition) is 3. The number of hydrogen-bond acceptors (Lipinski definition) is 5. The Morgan fingerprint density at radius 1 is 1.15 bits per heavy atom. The van der Waals surface area contributed by atoms with E-state index in [0.717, 1.165) is 11.1 Å². The summed E-state index contributed by atoms with van der Waals surface area (Å²) < 4.78 is 10.4. The number of carbonyl (C=O) groups is 1. The Labute approximate surface area is 152 Å². The molecule has 0 radical (unpaired) electrons. The van der Waals surface area contributed by atoms with Gasteiger partial charge in [0.1, 0.15) is 17.2 Å². The first-order valence-corrected chi connectivity index (χ1v) is 8.16. The molecular weight excluding hydrogens is 330 g/mol. The van der Waals surface area contributed by atoms with Crippen LogP contribution in [0.2, 0.25) is 0 Å². The number of nitrogens with one attached hydrogen (secondary N) is 1. The lowest BCUT2D eigenvalue weighted by molar-refractivity contribution is 0.191. The van der Waals surface area contributed by atoms with Crippen LogP contribution in [0.15, 0.2) is 66.8 Å². The van der Waals surface area contributed by atoms with Gasteiger partial charge in [0.05, 0.1) is 7.11 Å². The standard InChI is InChI=1S/C20H21N3O3/c1-25-16-8-10-17(11-9-16)26-19(24)23-20(22)12-3-2-7-18(20)14-5-4-6-15(21)13-14/h2-11,13H,12,21-22H2,1H3,(H,23,24). The van der Waals surface area contributed by atoms with Gasteiger partial charge in [-0.15, -0.1) is 0 Å². The Morgan fingerprint density at radius 2 is 1.88 bits per heavy atom. The predicted molar refractivity (Wildman–Crippen MR) is 102 cm³/mol. The van der Waals surface area contributed by atoms with Crippen molar-refractivity contribution in [1.29, 1.82) is 0 Å². The van der Waals surface area contributed by atoms with Crippen molar-refractivity contribution in [2.45, 2.75) is 12.1 Å². The van der Waals surface area contributed by atoms with Gasteiger partial charge in [0.25, 0.3) is 0 Å². The molecule has 0 aromatic heterocycles. The molecule has 2 aromatic carbocycles. The SMILES string of the molecule is COc1ccc(OC(=O)NC2(N)CC=CC=C2c2cccc(N)c2)cc1.